The maximum Gasteiger partial charge on any atom is 0.115 e. The first-order valence-electron chi connectivity index (χ1n) is 5.84. The smallest absolute Gasteiger partial charge is 0.115 e. The summed E-state index contributed by atoms with van der Waals surface area (Å²) in [6.45, 7) is 3.27. The van der Waals surface area contributed by atoms with Crippen molar-refractivity contribution >= 4 is 0 Å². The molecule has 0 saturated carbocycles. The Hall–Kier alpha value is -1.06. The lowest BCUT2D eigenvalue weighted by Crippen LogP contribution is -2.27. The van der Waals surface area contributed by atoms with Crippen molar-refractivity contribution in [3.63, 3.8) is 0 Å². The van der Waals surface area contributed by atoms with Crippen LogP contribution in [0.4, 0.5) is 0 Å². The maximum atomic E-state index is 9.14. The molecule has 3 nitrogen and oxygen atoms in total. The molecule has 0 spiro atoms. The molecule has 0 bridgehead atoms. The Morgan fingerprint density at radius 2 is 1.94 bits per heavy atom. The molecule has 0 heterocycles. The monoisotopic (exact) mass is 223 g/mol. The highest BCUT2D eigenvalue weighted by Crippen LogP contribution is 2.11. The normalized spacial score (nSPS) is 12.6. The molecular formula is C13H21NO2. The highest BCUT2D eigenvalue weighted by atomic mass is 16.3. The van der Waals surface area contributed by atoms with Crippen molar-refractivity contribution in [1.82, 2.24) is 5.32 Å². The predicted octanol–water partition coefficient (Wildman–Crippen LogP) is 1.69. The van der Waals surface area contributed by atoms with E-state index in [4.69, 9.17) is 10.2 Å². The fourth-order valence-electron chi connectivity index (χ4n) is 1.58. The van der Waals surface area contributed by atoms with Gasteiger partial charge in [-0.1, -0.05) is 12.1 Å². The zero-order chi connectivity index (χ0) is 11.8. The van der Waals surface area contributed by atoms with E-state index in [9.17, 15) is 0 Å². The molecule has 1 aromatic carbocycles. The summed E-state index contributed by atoms with van der Waals surface area (Å²) in [5.41, 5.74) is 1.24. The Kier molecular flexibility index (Phi) is 5.90. The first-order chi connectivity index (χ1) is 7.72. The van der Waals surface area contributed by atoms with Crippen LogP contribution in [-0.4, -0.2) is 29.4 Å². The first-order valence-corrected chi connectivity index (χ1v) is 5.84. The SMILES string of the molecule is CC(CCc1ccc(O)cc1)NCCCO. The van der Waals surface area contributed by atoms with Gasteiger partial charge < -0.3 is 15.5 Å². The zero-order valence-corrected chi connectivity index (χ0v) is 9.82. The third-order valence-electron chi connectivity index (χ3n) is 2.63. The third kappa shape index (κ3) is 5.14. The number of benzene rings is 1. The van der Waals surface area contributed by atoms with E-state index < -0.39 is 0 Å². The maximum absolute atomic E-state index is 9.14. The molecule has 90 valence electrons. The van der Waals surface area contributed by atoms with E-state index in [-0.39, 0.29) is 6.61 Å². The number of aliphatic hydroxyl groups excluding tert-OH is 1. The van der Waals surface area contributed by atoms with Gasteiger partial charge in [-0.15, -0.1) is 0 Å². The van der Waals surface area contributed by atoms with E-state index in [1.165, 1.54) is 5.56 Å². The van der Waals surface area contributed by atoms with Gasteiger partial charge in [0.15, 0.2) is 0 Å². The minimum absolute atomic E-state index is 0.248. The Bertz CT molecular complexity index is 284. The molecule has 0 radical (unpaired) electrons. The van der Waals surface area contributed by atoms with Crippen molar-refractivity contribution in [2.45, 2.75) is 32.2 Å². The van der Waals surface area contributed by atoms with E-state index in [2.05, 4.69) is 12.2 Å². The van der Waals surface area contributed by atoms with Crippen molar-refractivity contribution in [1.29, 1.82) is 0 Å². The average molecular weight is 223 g/mol. The summed E-state index contributed by atoms with van der Waals surface area (Å²) in [5.74, 6) is 0.317. The fraction of sp³-hybridized carbons (Fsp3) is 0.538. The van der Waals surface area contributed by atoms with Crippen molar-refractivity contribution < 1.29 is 10.2 Å². The zero-order valence-electron chi connectivity index (χ0n) is 9.82. The summed E-state index contributed by atoms with van der Waals surface area (Å²) in [6.07, 6.45) is 2.88. The molecule has 1 atom stereocenters. The molecule has 1 aromatic rings. The molecule has 1 rings (SSSR count). The minimum Gasteiger partial charge on any atom is -0.508 e. The standard InChI is InChI=1S/C13H21NO2/c1-11(14-9-2-10-15)3-4-12-5-7-13(16)8-6-12/h5-8,11,14-16H,2-4,9-10H2,1H3. The molecule has 1 unspecified atom stereocenters. The summed E-state index contributed by atoms with van der Waals surface area (Å²) in [6, 6.07) is 7.81. The van der Waals surface area contributed by atoms with Crippen LogP contribution in [0.2, 0.25) is 0 Å². The van der Waals surface area contributed by atoms with E-state index in [0.717, 1.165) is 25.8 Å². The van der Waals surface area contributed by atoms with Gasteiger partial charge in [0.25, 0.3) is 0 Å². The van der Waals surface area contributed by atoms with Gasteiger partial charge in [0.2, 0.25) is 0 Å². The number of aliphatic hydroxyl groups is 1. The molecular weight excluding hydrogens is 202 g/mol. The Morgan fingerprint density at radius 1 is 1.25 bits per heavy atom. The van der Waals surface area contributed by atoms with Gasteiger partial charge in [-0.05, 0) is 50.4 Å². The second-order valence-corrected chi connectivity index (χ2v) is 4.14. The molecule has 3 heteroatoms. The van der Waals surface area contributed by atoms with Crippen LogP contribution in [-0.2, 0) is 6.42 Å². The number of nitrogens with one attached hydrogen (secondary N) is 1. The average Bonchev–Trinajstić information content (AvgIpc) is 2.29. The van der Waals surface area contributed by atoms with E-state index in [1.54, 1.807) is 12.1 Å². The number of hydrogen-bond donors (Lipinski definition) is 3. The van der Waals surface area contributed by atoms with Crippen LogP contribution in [0.5, 0.6) is 5.75 Å². The molecule has 0 aliphatic rings. The van der Waals surface area contributed by atoms with Crippen LogP contribution in [0.15, 0.2) is 24.3 Å². The largest absolute Gasteiger partial charge is 0.508 e. The Labute approximate surface area is 97.1 Å². The number of phenols is 1. The van der Waals surface area contributed by atoms with Crippen molar-refractivity contribution in [2.24, 2.45) is 0 Å². The van der Waals surface area contributed by atoms with Crippen LogP contribution in [0.25, 0.3) is 0 Å². The number of hydrogen-bond acceptors (Lipinski definition) is 3. The van der Waals surface area contributed by atoms with E-state index in [0.29, 0.717) is 11.8 Å². The summed E-state index contributed by atoms with van der Waals surface area (Å²) in [5, 5.41) is 21.1. The van der Waals surface area contributed by atoms with Crippen LogP contribution >= 0.6 is 0 Å². The topological polar surface area (TPSA) is 52.5 Å². The molecule has 0 aromatic heterocycles. The number of phenolic OH excluding ortho intramolecular Hbond substituents is 1. The second-order valence-electron chi connectivity index (χ2n) is 4.14. The summed E-state index contributed by atoms with van der Waals surface area (Å²) in [4.78, 5) is 0. The Balaban J connectivity index is 2.20. The van der Waals surface area contributed by atoms with Crippen LogP contribution < -0.4 is 5.32 Å². The van der Waals surface area contributed by atoms with Crippen molar-refractivity contribution in [2.75, 3.05) is 13.2 Å². The van der Waals surface area contributed by atoms with Gasteiger partial charge in [0.05, 0.1) is 0 Å². The van der Waals surface area contributed by atoms with Crippen molar-refractivity contribution in [3.8, 4) is 5.75 Å². The summed E-state index contributed by atoms with van der Waals surface area (Å²) in [7, 11) is 0. The second kappa shape index (κ2) is 7.25. The highest BCUT2D eigenvalue weighted by molar-refractivity contribution is 5.25. The summed E-state index contributed by atoms with van der Waals surface area (Å²) < 4.78 is 0. The summed E-state index contributed by atoms with van der Waals surface area (Å²) >= 11 is 0. The quantitative estimate of drug-likeness (QED) is 0.616. The highest BCUT2D eigenvalue weighted by Gasteiger charge is 2.01. The van der Waals surface area contributed by atoms with E-state index in [1.807, 2.05) is 12.1 Å². The van der Waals surface area contributed by atoms with Gasteiger partial charge in [-0.3, -0.25) is 0 Å². The molecule has 16 heavy (non-hydrogen) atoms. The fourth-order valence-corrected chi connectivity index (χ4v) is 1.58. The van der Waals surface area contributed by atoms with Crippen LogP contribution in [0.3, 0.4) is 0 Å². The van der Waals surface area contributed by atoms with E-state index >= 15 is 0 Å². The number of aryl methyl sites for hydroxylation is 1. The molecule has 0 aliphatic heterocycles. The number of rotatable bonds is 7. The van der Waals surface area contributed by atoms with Crippen molar-refractivity contribution in [3.05, 3.63) is 29.8 Å². The minimum atomic E-state index is 0.248. The molecule has 0 fully saturated rings. The number of aromatic hydroxyl groups is 1. The van der Waals surface area contributed by atoms with Gasteiger partial charge in [-0.25, -0.2) is 0 Å². The van der Waals surface area contributed by atoms with Gasteiger partial charge in [-0.2, -0.15) is 0 Å². The van der Waals surface area contributed by atoms with Gasteiger partial charge in [0.1, 0.15) is 5.75 Å². The Morgan fingerprint density at radius 3 is 2.56 bits per heavy atom. The van der Waals surface area contributed by atoms with Gasteiger partial charge in [0, 0.05) is 12.6 Å². The molecule has 0 saturated heterocycles. The molecule has 3 N–H and O–H groups in total. The first kappa shape index (κ1) is 13.0. The lowest BCUT2D eigenvalue weighted by Gasteiger charge is -2.13. The van der Waals surface area contributed by atoms with Crippen LogP contribution in [0.1, 0.15) is 25.3 Å². The lowest BCUT2D eigenvalue weighted by atomic mass is 10.1. The molecule has 0 amide bonds. The van der Waals surface area contributed by atoms with Gasteiger partial charge >= 0.3 is 0 Å². The lowest BCUT2D eigenvalue weighted by molar-refractivity contribution is 0.283. The molecule has 0 aliphatic carbocycles. The third-order valence-corrected chi connectivity index (χ3v) is 2.63. The van der Waals surface area contributed by atoms with Crippen LogP contribution in [0, 0.1) is 0 Å². The predicted molar refractivity (Wildman–Crippen MR) is 65.6 cm³/mol.